The Morgan fingerprint density at radius 3 is 1.61 bits per heavy atom. The highest BCUT2D eigenvalue weighted by atomic mass is 19.2. The molecule has 18 heavy (non-hydrogen) atoms. The van der Waals surface area contributed by atoms with E-state index in [1.54, 1.807) is 0 Å². The molecule has 0 spiro atoms. The Hall–Kier alpha value is -0.290. The molecule has 5 heteroatoms. The van der Waals surface area contributed by atoms with Crippen molar-refractivity contribution >= 4 is 0 Å². The molecule has 0 amide bonds. The second-order valence-corrected chi connectivity index (χ2v) is 5.73. The normalized spacial score (nSPS) is 44.7. The molecule has 110 valence electrons. The van der Waals surface area contributed by atoms with E-state index in [1.807, 2.05) is 0 Å². The van der Waals surface area contributed by atoms with Crippen LogP contribution in [0.5, 0.6) is 0 Å². The van der Waals surface area contributed by atoms with Crippen molar-refractivity contribution in [2.45, 2.75) is 64.0 Å². The van der Waals surface area contributed by atoms with E-state index in [4.69, 9.17) is 0 Å². The van der Waals surface area contributed by atoms with Crippen LogP contribution in [0.4, 0.5) is 13.2 Å². The molecule has 2 saturated carbocycles. The molecule has 2 rings (SSSR count). The Balaban J connectivity index is 0.00000144. The lowest BCUT2D eigenvalue weighted by atomic mass is 9.70. The molecule has 2 aliphatic rings. The van der Waals surface area contributed by atoms with Crippen LogP contribution >= 0.6 is 0 Å². The summed E-state index contributed by atoms with van der Waals surface area (Å²) in [5.41, 5.74) is 0. The van der Waals surface area contributed by atoms with Crippen LogP contribution in [0.25, 0.3) is 0 Å². The van der Waals surface area contributed by atoms with E-state index < -0.39 is 18.5 Å². The molecule has 0 aliphatic heterocycles. The lowest BCUT2D eigenvalue weighted by Crippen LogP contribution is -2.40. The van der Waals surface area contributed by atoms with Gasteiger partial charge >= 0.3 is 0 Å². The Bertz CT molecular complexity index is 220. The van der Waals surface area contributed by atoms with Crippen molar-refractivity contribution in [2.75, 3.05) is 0 Å². The van der Waals surface area contributed by atoms with E-state index in [9.17, 15) is 13.2 Å². The molecular formula is C13H25F3O2. The second kappa shape index (κ2) is 7.34. The first kappa shape index (κ1) is 17.7. The number of halogens is 3. The first-order valence-electron chi connectivity index (χ1n) is 6.50. The Morgan fingerprint density at radius 2 is 1.17 bits per heavy atom. The van der Waals surface area contributed by atoms with Crippen LogP contribution in [0.2, 0.25) is 0 Å². The van der Waals surface area contributed by atoms with Gasteiger partial charge in [0.1, 0.15) is 12.3 Å². The highest BCUT2D eigenvalue weighted by molar-refractivity contribution is 4.90. The molecule has 0 aromatic carbocycles. The van der Waals surface area contributed by atoms with E-state index in [0.29, 0.717) is 5.92 Å². The fraction of sp³-hybridized carbons (Fsp3) is 1.00. The van der Waals surface area contributed by atoms with Gasteiger partial charge in [0.25, 0.3) is 0 Å². The van der Waals surface area contributed by atoms with Crippen molar-refractivity contribution in [3.05, 3.63) is 0 Å². The van der Waals surface area contributed by atoms with Crippen molar-refractivity contribution in [3.8, 4) is 0 Å². The largest absolute Gasteiger partial charge is 0.412 e. The summed E-state index contributed by atoms with van der Waals surface area (Å²) in [4.78, 5) is 0. The molecule has 0 heterocycles. The molecule has 2 aliphatic carbocycles. The molecule has 0 radical (unpaired) electrons. The summed E-state index contributed by atoms with van der Waals surface area (Å²) >= 11 is 0. The summed E-state index contributed by atoms with van der Waals surface area (Å²) < 4.78 is 39.6. The van der Waals surface area contributed by atoms with E-state index in [1.165, 1.54) is 0 Å². The fourth-order valence-electron chi connectivity index (χ4n) is 3.30. The standard InChI is InChI=1S/C13H21F3.2H2O/c1-8-2-4-9(5-3-8)10-6-11(14)13(16)12(15)7-10;;/h8-13H,2-7H2,1H3;2*1H2. The monoisotopic (exact) mass is 270 g/mol. The highest BCUT2D eigenvalue weighted by Crippen LogP contribution is 2.42. The van der Waals surface area contributed by atoms with Gasteiger partial charge < -0.3 is 11.0 Å². The van der Waals surface area contributed by atoms with Gasteiger partial charge in [0.15, 0.2) is 6.17 Å². The summed E-state index contributed by atoms with van der Waals surface area (Å²) in [5.74, 6) is 1.25. The van der Waals surface area contributed by atoms with Crippen LogP contribution in [0, 0.1) is 17.8 Å². The lowest BCUT2D eigenvalue weighted by Gasteiger charge is -2.38. The zero-order valence-electron chi connectivity index (χ0n) is 10.8. The first-order chi connectivity index (χ1) is 7.58. The average molecular weight is 270 g/mol. The summed E-state index contributed by atoms with van der Waals surface area (Å²) in [5, 5.41) is 0. The predicted octanol–water partition coefficient (Wildman–Crippen LogP) is 2.59. The van der Waals surface area contributed by atoms with E-state index in [2.05, 4.69) is 6.92 Å². The lowest BCUT2D eigenvalue weighted by molar-refractivity contribution is -0.00403. The highest BCUT2D eigenvalue weighted by Gasteiger charge is 2.41. The van der Waals surface area contributed by atoms with Gasteiger partial charge in [-0.1, -0.05) is 19.8 Å². The van der Waals surface area contributed by atoms with Gasteiger partial charge in [-0.25, -0.2) is 13.2 Å². The summed E-state index contributed by atoms with van der Waals surface area (Å²) in [6, 6.07) is 0. The van der Waals surface area contributed by atoms with Crippen molar-refractivity contribution in [2.24, 2.45) is 17.8 Å². The number of alkyl halides is 3. The van der Waals surface area contributed by atoms with Crippen LogP contribution in [0.3, 0.4) is 0 Å². The maximum atomic E-state index is 13.3. The van der Waals surface area contributed by atoms with Gasteiger partial charge in [-0.05, 0) is 43.4 Å². The van der Waals surface area contributed by atoms with Crippen LogP contribution in [0.1, 0.15) is 45.4 Å². The van der Waals surface area contributed by atoms with Crippen LogP contribution in [-0.2, 0) is 0 Å². The van der Waals surface area contributed by atoms with Crippen LogP contribution in [0.15, 0.2) is 0 Å². The van der Waals surface area contributed by atoms with E-state index >= 15 is 0 Å². The van der Waals surface area contributed by atoms with E-state index in [-0.39, 0.29) is 29.7 Å². The van der Waals surface area contributed by atoms with Crippen molar-refractivity contribution in [1.29, 1.82) is 0 Å². The molecule has 0 bridgehead atoms. The zero-order chi connectivity index (χ0) is 11.7. The molecule has 2 nitrogen and oxygen atoms in total. The Kier molecular flexibility index (Phi) is 7.22. The van der Waals surface area contributed by atoms with Gasteiger partial charge in [-0.3, -0.25) is 0 Å². The number of hydrogen-bond acceptors (Lipinski definition) is 0. The Labute approximate surface area is 107 Å². The van der Waals surface area contributed by atoms with Gasteiger partial charge in [0.05, 0.1) is 0 Å². The van der Waals surface area contributed by atoms with Gasteiger partial charge in [0, 0.05) is 0 Å². The molecule has 0 aromatic heterocycles. The van der Waals surface area contributed by atoms with Crippen LogP contribution < -0.4 is 0 Å². The molecule has 2 unspecified atom stereocenters. The van der Waals surface area contributed by atoms with Gasteiger partial charge in [0.2, 0.25) is 0 Å². The van der Waals surface area contributed by atoms with Crippen molar-refractivity contribution in [3.63, 3.8) is 0 Å². The quantitative estimate of drug-likeness (QED) is 0.703. The number of hydrogen-bond donors (Lipinski definition) is 0. The first-order valence-corrected chi connectivity index (χ1v) is 6.50. The summed E-state index contributed by atoms with van der Waals surface area (Å²) in [7, 11) is 0. The smallest absolute Gasteiger partial charge is 0.162 e. The average Bonchev–Trinajstić information content (AvgIpc) is 2.26. The van der Waals surface area contributed by atoms with Crippen molar-refractivity contribution in [1.82, 2.24) is 0 Å². The molecule has 2 fully saturated rings. The number of rotatable bonds is 1. The molecular weight excluding hydrogens is 245 g/mol. The second-order valence-electron chi connectivity index (χ2n) is 5.73. The van der Waals surface area contributed by atoms with Crippen LogP contribution in [-0.4, -0.2) is 29.5 Å². The third-order valence-corrected chi connectivity index (χ3v) is 4.47. The Morgan fingerprint density at radius 1 is 0.722 bits per heavy atom. The SMILES string of the molecule is CC1CCC(C2CC(F)C(F)C(F)C2)CC1.O.O. The minimum atomic E-state index is -1.88. The third kappa shape index (κ3) is 3.85. The van der Waals surface area contributed by atoms with E-state index in [0.717, 1.165) is 31.6 Å². The molecule has 2 atom stereocenters. The maximum absolute atomic E-state index is 13.3. The zero-order valence-corrected chi connectivity index (χ0v) is 10.8. The summed E-state index contributed by atoms with van der Waals surface area (Å²) in [6.45, 7) is 2.23. The fourth-order valence-corrected chi connectivity index (χ4v) is 3.30. The molecule has 4 N–H and O–H groups in total. The van der Waals surface area contributed by atoms with Crippen molar-refractivity contribution < 1.29 is 24.1 Å². The van der Waals surface area contributed by atoms with Gasteiger partial charge in [-0.2, -0.15) is 0 Å². The third-order valence-electron chi connectivity index (χ3n) is 4.47. The predicted molar refractivity (Wildman–Crippen MR) is 65.8 cm³/mol. The maximum Gasteiger partial charge on any atom is 0.162 e. The summed E-state index contributed by atoms with van der Waals surface area (Å²) in [6.07, 6.45) is -0.0893. The molecule has 0 saturated heterocycles. The van der Waals surface area contributed by atoms with Gasteiger partial charge in [-0.15, -0.1) is 0 Å². The topological polar surface area (TPSA) is 63.0 Å². The minimum absolute atomic E-state index is 0. The minimum Gasteiger partial charge on any atom is -0.412 e. The molecule has 0 aromatic rings.